The molecule has 2 nitrogen and oxygen atoms in total. The monoisotopic (exact) mass is 240 g/mol. The standard InChI is InChI=1S/C14H21FO2/c1-3-5-9-16-13-8-7-12(15)11-14(13)17-10-6-4-2/h7-8,11H,3-6,9-10H2,1-2H3. The summed E-state index contributed by atoms with van der Waals surface area (Å²) >= 11 is 0. The molecule has 0 aliphatic heterocycles. The summed E-state index contributed by atoms with van der Waals surface area (Å²) in [6.45, 7) is 5.44. The molecule has 1 rings (SSSR count). The van der Waals surface area contributed by atoms with Gasteiger partial charge in [-0.2, -0.15) is 0 Å². The molecule has 0 saturated heterocycles. The first-order valence-electron chi connectivity index (χ1n) is 6.33. The summed E-state index contributed by atoms with van der Waals surface area (Å²) in [7, 11) is 0. The van der Waals surface area contributed by atoms with Gasteiger partial charge in [0.25, 0.3) is 0 Å². The summed E-state index contributed by atoms with van der Waals surface area (Å²) in [5.74, 6) is 0.852. The van der Waals surface area contributed by atoms with E-state index in [-0.39, 0.29) is 5.82 Å². The second kappa shape index (κ2) is 7.93. The van der Waals surface area contributed by atoms with Crippen molar-refractivity contribution in [2.75, 3.05) is 13.2 Å². The Kier molecular flexibility index (Phi) is 6.45. The predicted octanol–water partition coefficient (Wildman–Crippen LogP) is 4.18. The quantitative estimate of drug-likeness (QED) is 0.634. The van der Waals surface area contributed by atoms with Crippen LogP contribution in [0.4, 0.5) is 4.39 Å². The molecule has 0 atom stereocenters. The molecule has 0 aliphatic rings. The van der Waals surface area contributed by atoms with E-state index < -0.39 is 0 Å². The maximum absolute atomic E-state index is 13.1. The van der Waals surface area contributed by atoms with E-state index in [0.717, 1.165) is 25.7 Å². The molecule has 0 N–H and O–H groups in total. The van der Waals surface area contributed by atoms with Crippen LogP contribution in [0.15, 0.2) is 18.2 Å². The van der Waals surface area contributed by atoms with Crippen LogP contribution in [-0.2, 0) is 0 Å². The molecule has 1 aromatic carbocycles. The van der Waals surface area contributed by atoms with E-state index in [1.807, 2.05) is 0 Å². The van der Waals surface area contributed by atoms with Gasteiger partial charge in [-0.15, -0.1) is 0 Å². The van der Waals surface area contributed by atoms with Gasteiger partial charge in [0, 0.05) is 6.07 Å². The fourth-order valence-electron chi connectivity index (χ4n) is 1.37. The summed E-state index contributed by atoms with van der Waals surface area (Å²) in [5.41, 5.74) is 0. The number of hydrogen-bond acceptors (Lipinski definition) is 2. The van der Waals surface area contributed by atoms with E-state index in [0.29, 0.717) is 24.7 Å². The van der Waals surface area contributed by atoms with E-state index in [4.69, 9.17) is 9.47 Å². The average Bonchev–Trinajstić information content (AvgIpc) is 2.32. The Morgan fingerprint density at radius 3 is 2.12 bits per heavy atom. The highest BCUT2D eigenvalue weighted by Gasteiger charge is 2.06. The molecule has 0 bridgehead atoms. The van der Waals surface area contributed by atoms with Crippen LogP contribution in [0.25, 0.3) is 0 Å². The summed E-state index contributed by atoms with van der Waals surface area (Å²) in [6.07, 6.45) is 4.09. The molecule has 0 aliphatic carbocycles. The maximum Gasteiger partial charge on any atom is 0.164 e. The highest BCUT2D eigenvalue weighted by atomic mass is 19.1. The molecule has 0 radical (unpaired) electrons. The minimum atomic E-state index is -0.292. The molecule has 0 unspecified atom stereocenters. The van der Waals surface area contributed by atoms with Crippen LogP contribution in [-0.4, -0.2) is 13.2 Å². The lowest BCUT2D eigenvalue weighted by Crippen LogP contribution is -2.02. The van der Waals surface area contributed by atoms with Crippen LogP contribution in [0.2, 0.25) is 0 Å². The SMILES string of the molecule is CCCCOc1ccc(F)cc1OCCCC. The van der Waals surface area contributed by atoms with Crippen molar-refractivity contribution in [1.29, 1.82) is 0 Å². The van der Waals surface area contributed by atoms with Gasteiger partial charge in [0.15, 0.2) is 11.5 Å². The molecule has 96 valence electrons. The van der Waals surface area contributed by atoms with E-state index in [1.165, 1.54) is 12.1 Å². The molecule has 0 saturated carbocycles. The van der Waals surface area contributed by atoms with E-state index in [9.17, 15) is 4.39 Å². The zero-order valence-electron chi connectivity index (χ0n) is 10.7. The molecular weight excluding hydrogens is 219 g/mol. The first-order chi connectivity index (χ1) is 8.27. The number of halogens is 1. The third-order valence-electron chi connectivity index (χ3n) is 2.42. The fourth-order valence-corrected chi connectivity index (χ4v) is 1.37. The Balaban J connectivity index is 2.59. The number of hydrogen-bond donors (Lipinski definition) is 0. The van der Waals surface area contributed by atoms with Crippen LogP contribution in [0.1, 0.15) is 39.5 Å². The molecule has 0 amide bonds. The van der Waals surface area contributed by atoms with Gasteiger partial charge in [-0.1, -0.05) is 26.7 Å². The largest absolute Gasteiger partial charge is 0.490 e. The zero-order chi connectivity index (χ0) is 12.5. The normalized spacial score (nSPS) is 10.3. The van der Waals surface area contributed by atoms with Crippen LogP contribution in [0, 0.1) is 5.82 Å². The first-order valence-corrected chi connectivity index (χ1v) is 6.33. The Hall–Kier alpha value is -1.25. The highest BCUT2D eigenvalue weighted by Crippen LogP contribution is 2.28. The summed E-state index contributed by atoms with van der Waals surface area (Å²) < 4.78 is 24.2. The number of benzene rings is 1. The minimum absolute atomic E-state index is 0.292. The van der Waals surface area contributed by atoms with Crippen molar-refractivity contribution in [3.8, 4) is 11.5 Å². The van der Waals surface area contributed by atoms with Crippen molar-refractivity contribution >= 4 is 0 Å². The molecular formula is C14H21FO2. The molecule has 0 spiro atoms. The van der Waals surface area contributed by atoms with Crippen LogP contribution >= 0.6 is 0 Å². The van der Waals surface area contributed by atoms with Crippen molar-refractivity contribution in [1.82, 2.24) is 0 Å². The van der Waals surface area contributed by atoms with E-state index in [1.54, 1.807) is 6.07 Å². The summed E-state index contributed by atoms with van der Waals surface area (Å²) in [6, 6.07) is 4.41. The van der Waals surface area contributed by atoms with Crippen molar-refractivity contribution in [2.24, 2.45) is 0 Å². The molecule has 0 heterocycles. The summed E-state index contributed by atoms with van der Waals surface area (Å²) in [5, 5.41) is 0. The Labute approximate surface area is 103 Å². The molecule has 0 fully saturated rings. The second-order valence-corrected chi connectivity index (χ2v) is 4.00. The average molecular weight is 240 g/mol. The van der Waals surface area contributed by atoms with Crippen molar-refractivity contribution in [3.05, 3.63) is 24.0 Å². The van der Waals surface area contributed by atoms with Gasteiger partial charge in [0.05, 0.1) is 13.2 Å². The number of unbranched alkanes of at least 4 members (excludes halogenated alkanes) is 2. The van der Waals surface area contributed by atoms with Gasteiger partial charge < -0.3 is 9.47 Å². The van der Waals surface area contributed by atoms with Crippen molar-refractivity contribution in [2.45, 2.75) is 39.5 Å². The van der Waals surface area contributed by atoms with Gasteiger partial charge in [0.2, 0.25) is 0 Å². The van der Waals surface area contributed by atoms with Gasteiger partial charge in [-0.25, -0.2) is 4.39 Å². The van der Waals surface area contributed by atoms with Crippen molar-refractivity contribution < 1.29 is 13.9 Å². The minimum Gasteiger partial charge on any atom is -0.490 e. The van der Waals surface area contributed by atoms with Gasteiger partial charge in [0.1, 0.15) is 5.82 Å². The Morgan fingerprint density at radius 2 is 1.53 bits per heavy atom. The van der Waals surface area contributed by atoms with E-state index >= 15 is 0 Å². The van der Waals surface area contributed by atoms with E-state index in [2.05, 4.69) is 13.8 Å². The topological polar surface area (TPSA) is 18.5 Å². The highest BCUT2D eigenvalue weighted by molar-refractivity contribution is 5.40. The summed E-state index contributed by atoms with van der Waals surface area (Å²) in [4.78, 5) is 0. The van der Waals surface area contributed by atoms with Crippen LogP contribution < -0.4 is 9.47 Å². The third-order valence-corrected chi connectivity index (χ3v) is 2.42. The lowest BCUT2D eigenvalue weighted by molar-refractivity contribution is 0.260. The Morgan fingerprint density at radius 1 is 0.941 bits per heavy atom. The first kappa shape index (κ1) is 13.8. The lowest BCUT2D eigenvalue weighted by atomic mass is 10.3. The van der Waals surface area contributed by atoms with Crippen LogP contribution in [0.3, 0.4) is 0 Å². The van der Waals surface area contributed by atoms with Crippen molar-refractivity contribution in [3.63, 3.8) is 0 Å². The smallest absolute Gasteiger partial charge is 0.164 e. The Bertz CT molecular complexity index is 326. The zero-order valence-corrected chi connectivity index (χ0v) is 10.7. The molecule has 3 heteroatoms. The van der Waals surface area contributed by atoms with Gasteiger partial charge in [-0.3, -0.25) is 0 Å². The number of rotatable bonds is 8. The van der Waals surface area contributed by atoms with Crippen LogP contribution in [0.5, 0.6) is 11.5 Å². The maximum atomic E-state index is 13.1. The molecule has 1 aromatic rings. The fraction of sp³-hybridized carbons (Fsp3) is 0.571. The van der Waals surface area contributed by atoms with Gasteiger partial charge >= 0.3 is 0 Å². The second-order valence-electron chi connectivity index (χ2n) is 4.00. The number of ether oxygens (including phenoxy) is 2. The van der Waals surface area contributed by atoms with Gasteiger partial charge in [-0.05, 0) is 25.0 Å². The lowest BCUT2D eigenvalue weighted by Gasteiger charge is -2.12. The predicted molar refractivity (Wildman–Crippen MR) is 67.2 cm³/mol. The molecule has 0 aromatic heterocycles. The third kappa shape index (κ3) is 5.07. The molecule has 17 heavy (non-hydrogen) atoms.